The van der Waals surface area contributed by atoms with Gasteiger partial charge in [-0.25, -0.2) is 4.98 Å². The number of nitrogens with one attached hydrogen (secondary N) is 1. The van der Waals surface area contributed by atoms with Crippen molar-refractivity contribution in [3.05, 3.63) is 41.0 Å². The molecule has 0 unspecified atom stereocenters. The molecule has 0 radical (unpaired) electrons. The highest BCUT2D eigenvalue weighted by Gasteiger charge is 2.11. The zero-order chi connectivity index (χ0) is 15.2. The van der Waals surface area contributed by atoms with Gasteiger partial charge in [0.25, 0.3) is 5.91 Å². The van der Waals surface area contributed by atoms with Gasteiger partial charge in [0.1, 0.15) is 5.15 Å². The number of nitrogens with zero attached hydrogens (tertiary/aromatic N) is 1. The fraction of sp³-hybridized carbons (Fsp3) is 0.267. The van der Waals surface area contributed by atoms with E-state index < -0.39 is 0 Å². The van der Waals surface area contributed by atoms with Gasteiger partial charge in [0.15, 0.2) is 0 Å². The number of primary amides is 1. The molecule has 21 heavy (non-hydrogen) atoms. The molecule has 3 N–H and O–H groups in total. The number of rotatable bonds is 6. The van der Waals surface area contributed by atoms with Crippen LogP contribution in [0.1, 0.15) is 29.6 Å². The van der Waals surface area contributed by atoms with Gasteiger partial charge in [-0.15, -0.1) is 0 Å². The molecule has 0 spiro atoms. The van der Waals surface area contributed by atoms with Crippen LogP contribution in [0.4, 0.5) is 0 Å². The van der Waals surface area contributed by atoms with Crippen LogP contribution in [0.15, 0.2) is 30.3 Å². The molecular formula is C15H16ClN3O2. The first kappa shape index (κ1) is 15.3. The first-order valence-corrected chi connectivity index (χ1v) is 7.07. The van der Waals surface area contributed by atoms with Gasteiger partial charge in [-0.1, -0.05) is 29.8 Å². The van der Waals surface area contributed by atoms with Crippen LogP contribution in [0.5, 0.6) is 0 Å². The molecule has 6 heteroatoms. The number of para-hydroxylation sites is 1. The van der Waals surface area contributed by atoms with Crippen LogP contribution in [0, 0.1) is 0 Å². The van der Waals surface area contributed by atoms with Crippen molar-refractivity contribution in [2.45, 2.75) is 19.3 Å². The van der Waals surface area contributed by atoms with E-state index in [1.165, 1.54) is 0 Å². The number of amides is 2. The van der Waals surface area contributed by atoms with Crippen molar-refractivity contribution >= 4 is 34.3 Å². The number of nitrogens with two attached hydrogens (primary N) is 1. The van der Waals surface area contributed by atoms with Gasteiger partial charge >= 0.3 is 0 Å². The fourth-order valence-corrected chi connectivity index (χ4v) is 2.25. The molecule has 0 atom stereocenters. The number of unbranched alkanes of at least 4 members (excludes halogenated alkanes) is 1. The maximum Gasteiger partial charge on any atom is 0.252 e. The van der Waals surface area contributed by atoms with Crippen molar-refractivity contribution < 1.29 is 9.59 Å². The number of carbonyl (C=O) groups is 2. The number of hydrogen-bond acceptors (Lipinski definition) is 3. The van der Waals surface area contributed by atoms with Crippen LogP contribution < -0.4 is 11.1 Å². The highest BCUT2D eigenvalue weighted by atomic mass is 35.5. The molecule has 2 aromatic rings. The second-order valence-corrected chi connectivity index (χ2v) is 5.08. The quantitative estimate of drug-likeness (QED) is 0.634. The smallest absolute Gasteiger partial charge is 0.252 e. The van der Waals surface area contributed by atoms with Gasteiger partial charge < -0.3 is 11.1 Å². The van der Waals surface area contributed by atoms with Gasteiger partial charge in [-0.2, -0.15) is 0 Å². The topological polar surface area (TPSA) is 85.1 Å². The van der Waals surface area contributed by atoms with Gasteiger partial charge in [-0.3, -0.25) is 9.59 Å². The SMILES string of the molecule is NC(=O)CCCCNC(=O)c1cc(Cl)nc2ccccc12. The molecule has 1 heterocycles. The summed E-state index contributed by atoms with van der Waals surface area (Å²) in [5.41, 5.74) is 6.24. The van der Waals surface area contributed by atoms with Crippen LogP contribution in [0.3, 0.4) is 0 Å². The average Bonchev–Trinajstić information content (AvgIpc) is 2.45. The Morgan fingerprint density at radius 2 is 2.00 bits per heavy atom. The summed E-state index contributed by atoms with van der Waals surface area (Å²) in [5, 5.41) is 3.86. The molecule has 0 bridgehead atoms. The largest absolute Gasteiger partial charge is 0.370 e. The minimum Gasteiger partial charge on any atom is -0.370 e. The molecule has 1 aromatic heterocycles. The van der Waals surface area contributed by atoms with Gasteiger partial charge in [0, 0.05) is 18.4 Å². The lowest BCUT2D eigenvalue weighted by atomic mass is 10.1. The molecule has 1 aromatic carbocycles. The summed E-state index contributed by atoms with van der Waals surface area (Å²) in [7, 11) is 0. The minimum atomic E-state index is -0.326. The number of halogens is 1. The Labute approximate surface area is 127 Å². The van der Waals surface area contributed by atoms with E-state index in [0.717, 1.165) is 5.39 Å². The number of aromatic nitrogens is 1. The van der Waals surface area contributed by atoms with E-state index >= 15 is 0 Å². The second-order valence-electron chi connectivity index (χ2n) is 4.69. The lowest BCUT2D eigenvalue weighted by Gasteiger charge is -2.08. The Morgan fingerprint density at radius 3 is 2.76 bits per heavy atom. The number of hydrogen-bond donors (Lipinski definition) is 2. The summed E-state index contributed by atoms with van der Waals surface area (Å²) in [5.74, 6) is -0.525. The molecule has 0 aliphatic heterocycles. The molecule has 0 aliphatic rings. The highest BCUT2D eigenvalue weighted by Crippen LogP contribution is 2.20. The van der Waals surface area contributed by atoms with Crippen molar-refractivity contribution in [1.82, 2.24) is 10.3 Å². The lowest BCUT2D eigenvalue weighted by Crippen LogP contribution is -2.25. The maximum absolute atomic E-state index is 12.2. The van der Waals surface area contributed by atoms with E-state index in [1.807, 2.05) is 24.3 Å². The van der Waals surface area contributed by atoms with E-state index in [9.17, 15) is 9.59 Å². The summed E-state index contributed by atoms with van der Waals surface area (Å²) in [6.45, 7) is 0.486. The third-order valence-electron chi connectivity index (χ3n) is 3.07. The molecule has 2 amide bonds. The van der Waals surface area contributed by atoms with Crippen LogP contribution in [-0.2, 0) is 4.79 Å². The first-order chi connectivity index (χ1) is 10.1. The van der Waals surface area contributed by atoms with Gasteiger partial charge in [-0.05, 0) is 25.0 Å². The molecule has 2 rings (SSSR count). The average molecular weight is 306 g/mol. The normalized spacial score (nSPS) is 10.5. The minimum absolute atomic E-state index is 0.199. The third-order valence-corrected chi connectivity index (χ3v) is 3.26. The van der Waals surface area contributed by atoms with E-state index in [-0.39, 0.29) is 17.0 Å². The Morgan fingerprint density at radius 1 is 1.24 bits per heavy atom. The van der Waals surface area contributed by atoms with E-state index in [1.54, 1.807) is 6.07 Å². The van der Waals surface area contributed by atoms with Crippen molar-refractivity contribution in [2.24, 2.45) is 5.73 Å². The predicted octanol–water partition coefficient (Wildman–Crippen LogP) is 2.27. The predicted molar refractivity (Wildman–Crippen MR) is 82.1 cm³/mol. The van der Waals surface area contributed by atoms with E-state index in [0.29, 0.717) is 36.9 Å². The second kappa shape index (κ2) is 7.04. The van der Waals surface area contributed by atoms with Crippen molar-refractivity contribution in [3.8, 4) is 0 Å². The standard InChI is InChI=1S/C15H16ClN3O2/c16-13-9-11(10-5-1-2-6-12(10)19-13)15(21)18-8-4-3-7-14(17)20/h1-2,5-6,9H,3-4,7-8H2,(H2,17,20)(H,18,21). The van der Waals surface area contributed by atoms with Crippen molar-refractivity contribution in [2.75, 3.05) is 6.54 Å². The molecule has 0 fully saturated rings. The van der Waals surface area contributed by atoms with Crippen LogP contribution in [-0.4, -0.2) is 23.3 Å². The number of benzene rings is 1. The summed E-state index contributed by atoms with van der Waals surface area (Å²) in [4.78, 5) is 27.0. The Hall–Kier alpha value is -2.14. The van der Waals surface area contributed by atoms with Crippen LogP contribution in [0.2, 0.25) is 5.15 Å². The third kappa shape index (κ3) is 4.16. The van der Waals surface area contributed by atoms with Gasteiger partial charge in [0.2, 0.25) is 5.91 Å². The van der Waals surface area contributed by atoms with Crippen LogP contribution in [0.25, 0.3) is 10.9 Å². The zero-order valence-corrected chi connectivity index (χ0v) is 12.2. The lowest BCUT2D eigenvalue weighted by molar-refractivity contribution is -0.118. The molecule has 0 saturated carbocycles. The molecule has 5 nitrogen and oxygen atoms in total. The van der Waals surface area contributed by atoms with E-state index in [2.05, 4.69) is 10.3 Å². The Bertz CT molecular complexity index is 673. The molecule has 110 valence electrons. The monoisotopic (exact) mass is 305 g/mol. The Kier molecular flexibility index (Phi) is 5.11. The Balaban J connectivity index is 2.04. The van der Waals surface area contributed by atoms with Crippen molar-refractivity contribution in [3.63, 3.8) is 0 Å². The molecule has 0 saturated heterocycles. The highest BCUT2D eigenvalue weighted by molar-refractivity contribution is 6.30. The molecular weight excluding hydrogens is 290 g/mol. The number of pyridine rings is 1. The summed E-state index contributed by atoms with van der Waals surface area (Å²) >= 11 is 5.94. The zero-order valence-electron chi connectivity index (χ0n) is 11.4. The summed E-state index contributed by atoms with van der Waals surface area (Å²) in [6.07, 6.45) is 1.69. The summed E-state index contributed by atoms with van der Waals surface area (Å²) < 4.78 is 0. The van der Waals surface area contributed by atoms with Crippen LogP contribution >= 0.6 is 11.6 Å². The molecule has 0 aliphatic carbocycles. The van der Waals surface area contributed by atoms with Crippen molar-refractivity contribution in [1.29, 1.82) is 0 Å². The van der Waals surface area contributed by atoms with E-state index in [4.69, 9.17) is 17.3 Å². The summed E-state index contributed by atoms with van der Waals surface area (Å²) in [6, 6.07) is 8.90. The number of fused-ring (bicyclic) bond motifs is 1. The maximum atomic E-state index is 12.2. The first-order valence-electron chi connectivity index (χ1n) is 6.69. The van der Waals surface area contributed by atoms with Gasteiger partial charge in [0.05, 0.1) is 11.1 Å². The number of carbonyl (C=O) groups excluding carboxylic acids is 2. The fourth-order valence-electron chi connectivity index (χ4n) is 2.05.